The average Bonchev–Trinajstić information content (AvgIpc) is 2.40. The number of rotatable bonds is 4. The van der Waals surface area contributed by atoms with Crippen LogP contribution in [0.5, 0.6) is 5.75 Å². The van der Waals surface area contributed by atoms with Crippen molar-refractivity contribution in [3.05, 3.63) is 52.1 Å². The zero-order valence-corrected chi connectivity index (χ0v) is 13.1. The van der Waals surface area contributed by atoms with Gasteiger partial charge >= 0.3 is 0 Å². The smallest absolute Gasteiger partial charge is 0.261 e. The van der Waals surface area contributed by atoms with E-state index in [1.165, 1.54) is 0 Å². The van der Waals surface area contributed by atoms with E-state index in [1.54, 1.807) is 55.6 Å². The fraction of sp³-hybridized carbons (Fsp3) is 0.0769. The summed E-state index contributed by atoms with van der Waals surface area (Å²) < 4.78 is 32.8. The van der Waals surface area contributed by atoms with Gasteiger partial charge in [0.25, 0.3) is 10.0 Å². The maximum atomic E-state index is 12.1. The molecular weight excluding hydrogens is 377 g/mol. The van der Waals surface area contributed by atoms with Gasteiger partial charge in [-0.15, -0.1) is 0 Å². The van der Waals surface area contributed by atoms with E-state index in [-0.39, 0.29) is 4.90 Å². The Morgan fingerprint density at radius 1 is 1.00 bits per heavy atom. The van der Waals surface area contributed by atoms with Crippen molar-refractivity contribution in [2.24, 2.45) is 0 Å². The van der Waals surface area contributed by atoms with Crippen LogP contribution in [-0.2, 0) is 10.0 Å². The first-order chi connectivity index (χ1) is 9.01. The first kappa shape index (κ1) is 14.1. The van der Waals surface area contributed by atoms with E-state index in [0.717, 1.165) is 3.57 Å². The second-order valence-corrected chi connectivity index (χ2v) is 6.72. The summed E-state index contributed by atoms with van der Waals surface area (Å²) in [5, 5.41) is 0. The molecule has 0 saturated carbocycles. The number of anilines is 1. The lowest BCUT2D eigenvalue weighted by Crippen LogP contribution is -2.12. The van der Waals surface area contributed by atoms with Crippen molar-refractivity contribution in [1.82, 2.24) is 0 Å². The van der Waals surface area contributed by atoms with E-state index in [9.17, 15) is 8.42 Å². The van der Waals surface area contributed by atoms with E-state index >= 15 is 0 Å². The van der Waals surface area contributed by atoms with Crippen LogP contribution in [0.25, 0.3) is 0 Å². The Labute approximate surface area is 126 Å². The summed E-state index contributed by atoms with van der Waals surface area (Å²) >= 11 is 2.13. The summed E-state index contributed by atoms with van der Waals surface area (Å²) in [5.74, 6) is 0.678. The lowest BCUT2D eigenvalue weighted by atomic mass is 10.3. The molecule has 0 fully saturated rings. The van der Waals surface area contributed by atoms with Crippen molar-refractivity contribution in [3.63, 3.8) is 0 Å². The normalized spacial score (nSPS) is 11.1. The molecule has 0 aliphatic carbocycles. The Morgan fingerprint density at radius 2 is 1.58 bits per heavy atom. The predicted octanol–water partition coefficient (Wildman–Crippen LogP) is 3.10. The topological polar surface area (TPSA) is 55.4 Å². The largest absolute Gasteiger partial charge is 0.497 e. The number of nitrogens with one attached hydrogen (secondary N) is 1. The van der Waals surface area contributed by atoms with Crippen molar-refractivity contribution in [1.29, 1.82) is 0 Å². The third-order valence-corrected chi connectivity index (χ3v) is 4.58. The van der Waals surface area contributed by atoms with Crippen molar-refractivity contribution in [3.8, 4) is 5.75 Å². The predicted molar refractivity (Wildman–Crippen MR) is 83.0 cm³/mol. The Morgan fingerprint density at radius 3 is 2.11 bits per heavy atom. The van der Waals surface area contributed by atoms with Gasteiger partial charge in [-0.1, -0.05) is 0 Å². The number of methoxy groups -OCH3 is 1. The van der Waals surface area contributed by atoms with Crippen LogP contribution in [0.1, 0.15) is 0 Å². The molecule has 2 aromatic rings. The van der Waals surface area contributed by atoms with Crippen LogP contribution < -0.4 is 9.46 Å². The maximum Gasteiger partial charge on any atom is 0.261 e. The monoisotopic (exact) mass is 389 g/mol. The number of benzene rings is 2. The van der Waals surface area contributed by atoms with E-state index in [0.29, 0.717) is 11.4 Å². The van der Waals surface area contributed by atoms with Crippen LogP contribution >= 0.6 is 22.6 Å². The quantitative estimate of drug-likeness (QED) is 0.818. The lowest BCUT2D eigenvalue weighted by molar-refractivity contribution is 0.415. The molecule has 0 spiro atoms. The molecule has 0 heterocycles. The van der Waals surface area contributed by atoms with Crippen LogP contribution in [0.4, 0.5) is 5.69 Å². The van der Waals surface area contributed by atoms with Gasteiger partial charge in [-0.3, -0.25) is 4.72 Å². The Bertz CT molecular complexity index is 651. The SMILES string of the molecule is COc1ccc(NS(=O)(=O)c2ccc(I)cc2)cc1. The fourth-order valence-electron chi connectivity index (χ4n) is 1.49. The van der Waals surface area contributed by atoms with Crippen molar-refractivity contribution >= 4 is 38.3 Å². The Kier molecular flexibility index (Phi) is 4.31. The third-order valence-electron chi connectivity index (χ3n) is 2.47. The van der Waals surface area contributed by atoms with Crippen molar-refractivity contribution in [2.75, 3.05) is 11.8 Å². The summed E-state index contributed by atoms with van der Waals surface area (Å²) in [4.78, 5) is 0.240. The molecule has 0 unspecified atom stereocenters. The molecule has 0 aromatic heterocycles. The van der Waals surface area contributed by atoms with Gasteiger partial charge in [0, 0.05) is 9.26 Å². The molecule has 2 rings (SSSR count). The van der Waals surface area contributed by atoms with Gasteiger partial charge in [-0.05, 0) is 71.1 Å². The lowest BCUT2D eigenvalue weighted by Gasteiger charge is -2.08. The summed E-state index contributed by atoms with van der Waals surface area (Å²) in [6, 6.07) is 13.4. The van der Waals surface area contributed by atoms with Crippen LogP contribution in [0.2, 0.25) is 0 Å². The van der Waals surface area contributed by atoms with E-state index in [1.807, 2.05) is 0 Å². The highest BCUT2D eigenvalue weighted by molar-refractivity contribution is 14.1. The van der Waals surface area contributed by atoms with Gasteiger partial charge in [0.2, 0.25) is 0 Å². The van der Waals surface area contributed by atoms with Gasteiger partial charge in [0.05, 0.1) is 12.0 Å². The molecule has 0 bridgehead atoms. The van der Waals surface area contributed by atoms with Crippen LogP contribution in [-0.4, -0.2) is 15.5 Å². The molecular formula is C13H12INO3S. The van der Waals surface area contributed by atoms with Crippen LogP contribution in [0, 0.1) is 3.57 Å². The van der Waals surface area contributed by atoms with Crippen LogP contribution in [0.15, 0.2) is 53.4 Å². The number of hydrogen-bond donors (Lipinski definition) is 1. The minimum absolute atomic E-state index is 0.240. The zero-order valence-electron chi connectivity index (χ0n) is 10.1. The number of ether oxygens (including phenoxy) is 1. The fourth-order valence-corrected chi connectivity index (χ4v) is 2.91. The molecule has 0 saturated heterocycles. The second-order valence-electron chi connectivity index (χ2n) is 3.79. The minimum atomic E-state index is -3.54. The first-order valence-electron chi connectivity index (χ1n) is 5.44. The molecule has 1 N–H and O–H groups in total. The van der Waals surface area contributed by atoms with E-state index in [4.69, 9.17) is 4.74 Å². The summed E-state index contributed by atoms with van der Waals surface area (Å²) in [7, 11) is -1.98. The molecule has 0 amide bonds. The van der Waals surface area contributed by atoms with E-state index < -0.39 is 10.0 Å². The second kappa shape index (κ2) is 5.79. The molecule has 100 valence electrons. The van der Waals surface area contributed by atoms with Gasteiger partial charge in [-0.2, -0.15) is 0 Å². The molecule has 0 aliphatic heterocycles. The number of halogens is 1. The maximum absolute atomic E-state index is 12.1. The summed E-state index contributed by atoms with van der Waals surface area (Å²) in [5.41, 5.74) is 0.499. The zero-order chi connectivity index (χ0) is 13.9. The molecule has 6 heteroatoms. The number of hydrogen-bond acceptors (Lipinski definition) is 3. The standard InChI is InChI=1S/C13H12INO3S/c1-18-12-6-4-11(5-7-12)15-19(16,17)13-8-2-10(14)3-9-13/h2-9,15H,1H3. The van der Waals surface area contributed by atoms with Crippen molar-refractivity contribution < 1.29 is 13.2 Å². The van der Waals surface area contributed by atoms with E-state index in [2.05, 4.69) is 27.3 Å². The third kappa shape index (κ3) is 3.60. The molecule has 4 nitrogen and oxygen atoms in total. The molecule has 2 aromatic carbocycles. The summed E-state index contributed by atoms with van der Waals surface area (Å²) in [6.45, 7) is 0. The van der Waals surface area contributed by atoms with Gasteiger partial charge in [-0.25, -0.2) is 8.42 Å². The highest BCUT2D eigenvalue weighted by Crippen LogP contribution is 2.19. The Hall–Kier alpha value is -1.28. The van der Waals surface area contributed by atoms with Gasteiger partial charge < -0.3 is 4.74 Å². The minimum Gasteiger partial charge on any atom is -0.497 e. The molecule has 0 atom stereocenters. The average molecular weight is 389 g/mol. The van der Waals surface area contributed by atoms with Crippen LogP contribution in [0.3, 0.4) is 0 Å². The summed E-state index contributed by atoms with van der Waals surface area (Å²) in [6.07, 6.45) is 0. The number of sulfonamides is 1. The highest BCUT2D eigenvalue weighted by Gasteiger charge is 2.13. The van der Waals surface area contributed by atoms with Crippen molar-refractivity contribution in [2.45, 2.75) is 4.90 Å². The molecule has 0 aliphatic rings. The molecule has 19 heavy (non-hydrogen) atoms. The Balaban J connectivity index is 2.23. The highest BCUT2D eigenvalue weighted by atomic mass is 127. The van der Waals surface area contributed by atoms with Gasteiger partial charge in [0.1, 0.15) is 5.75 Å². The van der Waals surface area contributed by atoms with Gasteiger partial charge in [0.15, 0.2) is 0 Å². The molecule has 0 radical (unpaired) electrons. The first-order valence-corrected chi connectivity index (χ1v) is 8.00.